The molecule has 0 saturated carbocycles. The zero-order valence-corrected chi connectivity index (χ0v) is 8.90. The van der Waals surface area contributed by atoms with Crippen molar-refractivity contribution >= 4 is 12.3 Å². The Labute approximate surface area is 89.1 Å². The standard InChI is InChI=1S/C12H14O3/c1-9(7-12(14)15-2)11-6-4-3-5-10(11)8-13/h3-6,8-9H,7H2,1-2H3. The van der Waals surface area contributed by atoms with Crippen LogP contribution >= 0.6 is 0 Å². The minimum Gasteiger partial charge on any atom is -0.469 e. The molecule has 3 nitrogen and oxygen atoms in total. The minimum atomic E-state index is -0.261. The Balaban J connectivity index is 2.85. The molecule has 0 aromatic heterocycles. The van der Waals surface area contributed by atoms with Crippen LogP contribution in [0.5, 0.6) is 0 Å². The quantitative estimate of drug-likeness (QED) is 0.560. The van der Waals surface area contributed by atoms with Crippen LogP contribution in [-0.4, -0.2) is 19.4 Å². The van der Waals surface area contributed by atoms with Crippen LogP contribution in [0, 0.1) is 0 Å². The Bertz CT molecular complexity index is 358. The van der Waals surface area contributed by atoms with E-state index < -0.39 is 0 Å². The van der Waals surface area contributed by atoms with E-state index in [1.54, 1.807) is 12.1 Å². The van der Waals surface area contributed by atoms with E-state index in [1.165, 1.54) is 7.11 Å². The lowest BCUT2D eigenvalue weighted by Gasteiger charge is -2.12. The normalized spacial score (nSPS) is 11.9. The molecule has 15 heavy (non-hydrogen) atoms. The molecule has 0 aliphatic carbocycles. The van der Waals surface area contributed by atoms with Crippen LogP contribution < -0.4 is 0 Å². The molecule has 1 unspecified atom stereocenters. The molecule has 1 atom stereocenters. The van der Waals surface area contributed by atoms with E-state index in [9.17, 15) is 9.59 Å². The molecule has 0 saturated heterocycles. The average Bonchev–Trinajstić information content (AvgIpc) is 2.28. The van der Waals surface area contributed by atoms with Crippen LogP contribution in [-0.2, 0) is 9.53 Å². The van der Waals surface area contributed by atoms with Crippen molar-refractivity contribution in [3.8, 4) is 0 Å². The lowest BCUT2D eigenvalue weighted by Crippen LogP contribution is -2.07. The lowest BCUT2D eigenvalue weighted by molar-refractivity contribution is -0.140. The molecule has 0 amide bonds. The van der Waals surface area contributed by atoms with Crippen molar-refractivity contribution in [3.63, 3.8) is 0 Å². The molecule has 3 heteroatoms. The number of aldehydes is 1. The summed E-state index contributed by atoms with van der Waals surface area (Å²) in [6.45, 7) is 1.90. The summed E-state index contributed by atoms with van der Waals surface area (Å²) >= 11 is 0. The van der Waals surface area contributed by atoms with Gasteiger partial charge in [-0.3, -0.25) is 9.59 Å². The second-order valence-corrected chi connectivity index (χ2v) is 3.43. The minimum absolute atomic E-state index is 0.00106. The predicted octanol–water partition coefficient (Wildman–Crippen LogP) is 2.17. The zero-order chi connectivity index (χ0) is 11.3. The van der Waals surface area contributed by atoms with Gasteiger partial charge >= 0.3 is 5.97 Å². The molecule has 80 valence electrons. The van der Waals surface area contributed by atoms with Crippen molar-refractivity contribution in [1.82, 2.24) is 0 Å². The first-order valence-electron chi connectivity index (χ1n) is 4.80. The van der Waals surface area contributed by atoms with Gasteiger partial charge in [-0.15, -0.1) is 0 Å². The maximum absolute atomic E-state index is 11.1. The fraction of sp³-hybridized carbons (Fsp3) is 0.333. The Kier molecular flexibility index (Phi) is 4.03. The molecule has 0 aliphatic rings. The number of hydrogen-bond donors (Lipinski definition) is 0. The monoisotopic (exact) mass is 206 g/mol. The first-order valence-corrected chi connectivity index (χ1v) is 4.80. The smallest absolute Gasteiger partial charge is 0.306 e. The number of esters is 1. The van der Waals surface area contributed by atoms with E-state index in [0.29, 0.717) is 12.0 Å². The zero-order valence-electron chi connectivity index (χ0n) is 8.90. The van der Waals surface area contributed by atoms with Crippen molar-refractivity contribution in [1.29, 1.82) is 0 Å². The number of carbonyl (C=O) groups excluding carboxylic acids is 2. The molecule has 1 rings (SSSR count). The fourth-order valence-electron chi connectivity index (χ4n) is 1.51. The highest BCUT2D eigenvalue weighted by Crippen LogP contribution is 2.22. The molecular formula is C12H14O3. The number of carbonyl (C=O) groups is 2. The van der Waals surface area contributed by atoms with Crippen LogP contribution in [0.4, 0.5) is 0 Å². The molecule has 0 spiro atoms. The molecule has 0 N–H and O–H groups in total. The second-order valence-electron chi connectivity index (χ2n) is 3.43. The van der Waals surface area contributed by atoms with Gasteiger partial charge in [0.25, 0.3) is 0 Å². The van der Waals surface area contributed by atoms with Crippen molar-refractivity contribution < 1.29 is 14.3 Å². The summed E-state index contributed by atoms with van der Waals surface area (Å²) in [7, 11) is 1.36. The van der Waals surface area contributed by atoms with Crippen molar-refractivity contribution in [3.05, 3.63) is 35.4 Å². The van der Waals surface area contributed by atoms with E-state index in [-0.39, 0.29) is 11.9 Å². The summed E-state index contributed by atoms with van der Waals surface area (Å²) in [6, 6.07) is 7.27. The van der Waals surface area contributed by atoms with Crippen LogP contribution in [0.25, 0.3) is 0 Å². The molecule has 1 aromatic rings. The number of hydrogen-bond acceptors (Lipinski definition) is 3. The van der Waals surface area contributed by atoms with Crippen molar-refractivity contribution in [2.45, 2.75) is 19.3 Å². The van der Waals surface area contributed by atoms with Gasteiger partial charge in [-0.1, -0.05) is 31.2 Å². The van der Waals surface area contributed by atoms with E-state index in [4.69, 9.17) is 0 Å². The SMILES string of the molecule is COC(=O)CC(C)c1ccccc1C=O. The molecule has 0 fully saturated rings. The van der Waals surface area contributed by atoms with E-state index in [2.05, 4.69) is 4.74 Å². The van der Waals surface area contributed by atoms with Gasteiger partial charge in [-0.05, 0) is 11.5 Å². The summed E-state index contributed by atoms with van der Waals surface area (Å²) in [4.78, 5) is 21.9. The van der Waals surface area contributed by atoms with E-state index in [0.717, 1.165) is 11.8 Å². The highest BCUT2D eigenvalue weighted by atomic mass is 16.5. The number of ether oxygens (including phenoxy) is 1. The summed E-state index contributed by atoms with van der Waals surface area (Å²) in [5.41, 5.74) is 1.52. The number of rotatable bonds is 4. The molecule has 0 radical (unpaired) electrons. The number of methoxy groups -OCH3 is 1. The third kappa shape index (κ3) is 2.91. The molecule has 1 aromatic carbocycles. The highest BCUT2D eigenvalue weighted by Gasteiger charge is 2.13. The van der Waals surface area contributed by atoms with Crippen LogP contribution in [0.3, 0.4) is 0 Å². The van der Waals surface area contributed by atoms with E-state index in [1.807, 2.05) is 19.1 Å². The third-order valence-electron chi connectivity index (χ3n) is 2.35. The topological polar surface area (TPSA) is 43.4 Å². The molecule has 0 heterocycles. The Morgan fingerprint density at radius 3 is 2.73 bits per heavy atom. The Hall–Kier alpha value is -1.64. The lowest BCUT2D eigenvalue weighted by atomic mass is 9.94. The Morgan fingerprint density at radius 1 is 1.47 bits per heavy atom. The molecular weight excluding hydrogens is 192 g/mol. The van der Waals surface area contributed by atoms with Gasteiger partial charge in [0.15, 0.2) is 0 Å². The first-order chi connectivity index (χ1) is 7.19. The summed E-state index contributed by atoms with van der Waals surface area (Å²) in [5, 5.41) is 0. The van der Waals surface area contributed by atoms with Crippen LogP contribution in [0.15, 0.2) is 24.3 Å². The number of benzene rings is 1. The largest absolute Gasteiger partial charge is 0.469 e. The van der Waals surface area contributed by atoms with E-state index >= 15 is 0 Å². The van der Waals surface area contributed by atoms with Crippen molar-refractivity contribution in [2.75, 3.05) is 7.11 Å². The van der Waals surface area contributed by atoms with Crippen LogP contribution in [0.1, 0.15) is 35.2 Å². The summed E-state index contributed by atoms with van der Waals surface area (Å²) in [6.07, 6.45) is 1.10. The molecule has 0 aliphatic heterocycles. The maximum Gasteiger partial charge on any atom is 0.306 e. The van der Waals surface area contributed by atoms with Gasteiger partial charge in [0.1, 0.15) is 6.29 Å². The van der Waals surface area contributed by atoms with Crippen molar-refractivity contribution in [2.24, 2.45) is 0 Å². The second kappa shape index (κ2) is 5.29. The molecule has 0 bridgehead atoms. The highest BCUT2D eigenvalue weighted by molar-refractivity contribution is 5.78. The fourth-order valence-corrected chi connectivity index (χ4v) is 1.51. The maximum atomic E-state index is 11.1. The predicted molar refractivity (Wildman–Crippen MR) is 56.9 cm³/mol. The van der Waals surface area contributed by atoms with Gasteiger partial charge in [0.05, 0.1) is 13.5 Å². The van der Waals surface area contributed by atoms with Gasteiger partial charge in [-0.2, -0.15) is 0 Å². The van der Waals surface area contributed by atoms with Gasteiger partial charge in [0, 0.05) is 5.56 Å². The van der Waals surface area contributed by atoms with Crippen LogP contribution in [0.2, 0.25) is 0 Å². The van der Waals surface area contributed by atoms with Gasteiger partial charge in [-0.25, -0.2) is 0 Å². The third-order valence-corrected chi connectivity index (χ3v) is 2.35. The van der Waals surface area contributed by atoms with Gasteiger partial charge < -0.3 is 4.74 Å². The average molecular weight is 206 g/mol. The summed E-state index contributed by atoms with van der Waals surface area (Å²) < 4.78 is 4.59. The summed E-state index contributed by atoms with van der Waals surface area (Å²) in [5.74, 6) is -0.262. The van der Waals surface area contributed by atoms with Gasteiger partial charge in [0.2, 0.25) is 0 Å². The Morgan fingerprint density at radius 2 is 2.13 bits per heavy atom. The first kappa shape index (κ1) is 11.4.